The highest BCUT2D eigenvalue weighted by atomic mass is 28.4. The molecule has 0 rings (SSSR count). The van der Waals surface area contributed by atoms with Crippen molar-refractivity contribution in [2.24, 2.45) is 0 Å². The predicted molar refractivity (Wildman–Crippen MR) is 90.2 cm³/mol. The summed E-state index contributed by atoms with van der Waals surface area (Å²) in [4.78, 5) is 22.6. The Morgan fingerprint density at radius 1 is 0.783 bits per heavy atom. The molecule has 0 atom stereocenters. The molecule has 0 aliphatic carbocycles. The minimum Gasteiger partial charge on any atom is -0.460 e. The van der Waals surface area contributed by atoms with E-state index >= 15 is 0 Å². The van der Waals surface area contributed by atoms with Crippen LogP contribution in [0.4, 0.5) is 0 Å². The van der Waals surface area contributed by atoms with Gasteiger partial charge in [0.15, 0.2) is 0 Å². The molecule has 0 bridgehead atoms. The number of hydrogen-bond acceptors (Lipinski definition) is 6. The summed E-state index contributed by atoms with van der Waals surface area (Å²) in [5, 5.41) is 0. The fourth-order valence-electron chi connectivity index (χ4n) is 1.67. The second kappa shape index (κ2) is 11.1. The summed E-state index contributed by atoms with van der Waals surface area (Å²) in [6, 6.07) is 1.51. The number of carbonyl (C=O) groups excluding carboxylic acids is 2. The van der Waals surface area contributed by atoms with Gasteiger partial charge in [-0.3, -0.25) is 0 Å². The zero-order valence-electron chi connectivity index (χ0n) is 14.6. The quantitative estimate of drug-likeness (QED) is 0.235. The van der Waals surface area contributed by atoms with Crippen molar-refractivity contribution in [2.75, 3.05) is 26.4 Å². The third kappa shape index (κ3) is 8.68. The highest BCUT2D eigenvalue weighted by Gasteiger charge is 2.33. The summed E-state index contributed by atoms with van der Waals surface area (Å²) in [6.45, 7) is 15.1. The first kappa shape index (κ1) is 21.6. The van der Waals surface area contributed by atoms with Gasteiger partial charge >= 0.3 is 20.5 Å². The zero-order valence-corrected chi connectivity index (χ0v) is 15.6. The van der Waals surface area contributed by atoms with E-state index in [1.54, 1.807) is 13.8 Å². The lowest BCUT2D eigenvalue weighted by Crippen LogP contribution is -2.42. The molecule has 0 saturated carbocycles. The van der Waals surface area contributed by atoms with Crippen molar-refractivity contribution in [3.05, 3.63) is 24.3 Å². The van der Waals surface area contributed by atoms with Crippen molar-refractivity contribution >= 4 is 20.5 Å². The van der Waals surface area contributed by atoms with E-state index < -0.39 is 20.5 Å². The van der Waals surface area contributed by atoms with Gasteiger partial charge < -0.3 is 18.3 Å². The van der Waals surface area contributed by atoms with E-state index in [1.807, 2.05) is 13.8 Å². The molecule has 0 heterocycles. The summed E-state index contributed by atoms with van der Waals surface area (Å²) in [7, 11) is -2.37. The van der Waals surface area contributed by atoms with Crippen LogP contribution >= 0.6 is 0 Å². The first-order valence-electron chi connectivity index (χ1n) is 7.71. The molecule has 0 fully saturated rings. The topological polar surface area (TPSA) is 71.1 Å². The smallest absolute Gasteiger partial charge is 0.337 e. The summed E-state index contributed by atoms with van der Waals surface area (Å²) < 4.78 is 21.7. The Morgan fingerprint density at radius 2 is 1.13 bits per heavy atom. The van der Waals surface area contributed by atoms with Gasteiger partial charge in [0, 0.05) is 11.1 Å². The molecule has 0 aromatic heterocycles. The van der Waals surface area contributed by atoms with E-state index in [4.69, 9.17) is 18.3 Å². The number of rotatable bonds is 12. The largest absolute Gasteiger partial charge is 0.460 e. The number of esters is 2. The molecule has 7 heteroatoms. The van der Waals surface area contributed by atoms with Crippen LogP contribution in [0.1, 0.15) is 27.7 Å². The minimum atomic E-state index is -2.37. The molecular weight excluding hydrogens is 316 g/mol. The molecule has 132 valence electrons. The van der Waals surface area contributed by atoms with Crippen molar-refractivity contribution in [3.8, 4) is 0 Å². The number of carbonyl (C=O) groups is 2. The molecule has 0 aliphatic heterocycles. The van der Waals surface area contributed by atoms with Crippen LogP contribution in [0, 0.1) is 0 Å². The molecule has 0 unspecified atom stereocenters. The maximum absolute atomic E-state index is 11.3. The van der Waals surface area contributed by atoms with Gasteiger partial charge in [-0.15, -0.1) is 0 Å². The molecule has 0 aromatic carbocycles. The second-order valence-electron chi connectivity index (χ2n) is 5.15. The fourth-order valence-corrected chi connectivity index (χ4v) is 3.98. The number of ether oxygens (including phenoxy) is 2. The highest BCUT2D eigenvalue weighted by Crippen LogP contribution is 2.18. The standard InChI is InChI=1S/C16H28O6Si/c1-7-23(8-2,21-11-9-19-15(17)13(3)4)22-12-10-20-16(18)14(5)6/h3,5,7-12H2,1-2,4,6H3. The second-order valence-corrected chi connectivity index (χ2v) is 8.96. The molecule has 0 N–H and O–H groups in total. The average Bonchev–Trinajstić information content (AvgIpc) is 2.52. The van der Waals surface area contributed by atoms with Crippen molar-refractivity contribution in [1.82, 2.24) is 0 Å². The van der Waals surface area contributed by atoms with Gasteiger partial charge in [0.05, 0.1) is 13.2 Å². The normalized spacial score (nSPS) is 11.0. The van der Waals surface area contributed by atoms with Gasteiger partial charge in [-0.2, -0.15) is 0 Å². The van der Waals surface area contributed by atoms with E-state index in [9.17, 15) is 9.59 Å². The fraction of sp³-hybridized carbons (Fsp3) is 0.625. The summed E-state index contributed by atoms with van der Waals surface area (Å²) in [5.74, 6) is -0.858. The maximum atomic E-state index is 11.3. The van der Waals surface area contributed by atoms with Gasteiger partial charge in [0.2, 0.25) is 0 Å². The van der Waals surface area contributed by atoms with Crippen LogP contribution < -0.4 is 0 Å². The predicted octanol–water partition coefficient (Wildman–Crippen LogP) is 2.74. The van der Waals surface area contributed by atoms with Crippen molar-refractivity contribution in [3.63, 3.8) is 0 Å². The molecule has 0 aliphatic rings. The summed E-state index contributed by atoms with van der Waals surface area (Å²) in [6.07, 6.45) is 0. The van der Waals surface area contributed by atoms with Gasteiger partial charge in [-0.1, -0.05) is 27.0 Å². The van der Waals surface area contributed by atoms with Gasteiger partial charge in [0.25, 0.3) is 0 Å². The lowest BCUT2D eigenvalue weighted by molar-refractivity contribution is -0.140. The SMILES string of the molecule is C=C(C)C(=O)OCCO[Si](CC)(CC)OCCOC(=O)C(=C)C. The molecule has 0 saturated heterocycles. The number of hydrogen-bond donors (Lipinski definition) is 0. The van der Waals surface area contributed by atoms with E-state index in [2.05, 4.69) is 13.2 Å². The molecular formula is C16H28O6Si. The summed E-state index contributed by atoms with van der Waals surface area (Å²) in [5.41, 5.74) is 0.713. The Balaban J connectivity index is 4.19. The van der Waals surface area contributed by atoms with Crippen LogP contribution in [-0.2, 0) is 27.9 Å². The van der Waals surface area contributed by atoms with Crippen LogP contribution in [0.5, 0.6) is 0 Å². The molecule has 23 heavy (non-hydrogen) atoms. The molecule has 0 aromatic rings. The van der Waals surface area contributed by atoms with Crippen LogP contribution in [0.2, 0.25) is 12.1 Å². The van der Waals surface area contributed by atoms with Crippen molar-refractivity contribution < 1.29 is 27.9 Å². The molecule has 6 nitrogen and oxygen atoms in total. The molecule has 0 radical (unpaired) electrons. The van der Waals surface area contributed by atoms with Gasteiger partial charge in [0.1, 0.15) is 13.2 Å². The van der Waals surface area contributed by atoms with Crippen LogP contribution in [-0.4, -0.2) is 46.9 Å². The van der Waals surface area contributed by atoms with Crippen molar-refractivity contribution in [2.45, 2.75) is 39.8 Å². The Hall–Kier alpha value is -1.44. The van der Waals surface area contributed by atoms with E-state index in [-0.39, 0.29) is 26.4 Å². The van der Waals surface area contributed by atoms with E-state index in [0.29, 0.717) is 11.1 Å². The molecule has 0 amide bonds. The molecule has 0 spiro atoms. The third-order valence-corrected chi connectivity index (χ3v) is 6.75. The van der Waals surface area contributed by atoms with E-state index in [0.717, 1.165) is 12.1 Å². The van der Waals surface area contributed by atoms with Gasteiger partial charge in [-0.05, 0) is 25.9 Å². The average molecular weight is 344 g/mol. The highest BCUT2D eigenvalue weighted by molar-refractivity contribution is 6.67. The third-order valence-electron chi connectivity index (χ3n) is 3.14. The monoisotopic (exact) mass is 344 g/mol. The Morgan fingerprint density at radius 3 is 1.39 bits per heavy atom. The summed E-state index contributed by atoms with van der Waals surface area (Å²) >= 11 is 0. The van der Waals surface area contributed by atoms with Crippen LogP contribution in [0.3, 0.4) is 0 Å². The van der Waals surface area contributed by atoms with E-state index in [1.165, 1.54) is 0 Å². The van der Waals surface area contributed by atoms with Crippen LogP contribution in [0.25, 0.3) is 0 Å². The minimum absolute atomic E-state index is 0.161. The Kier molecular flexibility index (Phi) is 10.4. The van der Waals surface area contributed by atoms with Crippen LogP contribution in [0.15, 0.2) is 24.3 Å². The van der Waals surface area contributed by atoms with Gasteiger partial charge in [-0.25, -0.2) is 9.59 Å². The lowest BCUT2D eigenvalue weighted by atomic mass is 10.4. The van der Waals surface area contributed by atoms with Crippen molar-refractivity contribution in [1.29, 1.82) is 0 Å². The Labute approximate surface area is 139 Å². The Bertz CT molecular complexity index is 392. The first-order valence-corrected chi connectivity index (χ1v) is 9.94. The first-order chi connectivity index (χ1) is 10.8. The maximum Gasteiger partial charge on any atom is 0.337 e. The lowest BCUT2D eigenvalue weighted by Gasteiger charge is -2.28. The zero-order chi connectivity index (χ0) is 17.9.